The van der Waals surface area contributed by atoms with E-state index in [0.717, 1.165) is 30.0 Å². The van der Waals surface area contributed by atoms with Crippen molar-refractivity contribution in [1.29, 1.82) is 0 Å². The van der Waals surface area contributed by atoms with Gasteiger partial charge in [-0.1, -0.05) is 23.9 Å². The van der Waals surface area contributed by atoms with Crippen molar-refractivity contribution in [2.45, 2.75) is 18.3 Å². The van der Waals surface area contributed by atoms with Crippen LogP contribution >= 0.6 is 11.8 Å². The Hall–Kier alpha value is -3.27. The second-order valence-electron chi connectivity index (χ2n) is 5.94. The van der Waals surface area contributed by atoms with E-state index >= 15 is 0 Å². The van der Waals surface area contributed by atoms with Crippen LogP contribution in [0, 0.1) is 11.6 Å². The molecule has 0 aromatic heterocycles. The number of carbonyl (C=O) groups is 2. The first-order chi connectivity index (χ1) is 13.9. The molecular formula is C19H15F2N3O4S. The fourth-order valence-electron chi connectivity index (χ4n) is 2.39. The van der Waals surface area contributed by atoms with E-state index in [2.05, 4.69) is 15.5 Å². The average Bonchev–Trinajstić information content (AvgIpc) is 3.01. The monoisotopic (exact) mass is 419 g/mol. The van der Waals surface area contributed by atoms with Crippen molar-refractivity contribution in [3.63, 3.8) is 0 Å². The van der Waals surface area contributed by atoms with Crippen molar-refractivity contribution in [2.24, 2.45) is 10.2 Å². The summed E-state index contributed by atoms with van der Waals surface area (Å²) in [6.07, 6.45) is 1.12. The van der Waals surface area contributed by atoms with Crippen LogP contribution in [-0.2, 0) is 16.2 Å². The van der Waals surface area contributed by atoms with Crippen LogP contribution in [-0.4, -0.2) is 33.6 Å². The van der Waals surface area contributed by atoms with E-state index in [4.69, 9.17) is 9.84 Å². The summed E-state index contributed by atoms with van der Waals surface area (Å²) in [5, 5.41) is 18.4. The van der Waals surface area contributed by atoms with E-state index < -0.39 is 28.8 Å². The Kier molecular flexibility index (Phi) is 6.55. The van der Waals surface area contributed by atoms with Crippen molar-refractivity contribution in [3.8, 4) is 5.75 Å². The zero-order valence-corrected chi connectivity index (χ0v) is 15.7. The van der Waals surface area contributed by atoms with Crippen molar-refractivity contribution in [3.05, 3.63) is 65.2 Å². The van der Waals surface area contributed by atoms with E-state index in [1.807, 2.05) is 0 Å². The first-order valence-electron chi connectivity index (χ1n) is 8.38. The van der Waals surface area contributed by atoms with Crippen molar-refractivity contribution >= 4 is 35.0 Å². The number of carbonyl (C=O) groups excluding carboxylic acids is 1. The van der Waals surface area contributed by atoms with E-state index in [1.165, 1.54) is 6.21 Å². The summed E-state index contributed by atoms with van der Waals surface area (Å²) in [7, 11) is 0. The molecule has 0 saturated carbocycles. The summed E-state index contributed by atoms with van der Waals surface area (Å²) in [6, 6.07) is 9.86. The molecular weight excluding hydrogens is 404 g/mol. The van der Waals surface area contributed by atoms with Gasteiger partial charge in [0.25, 0.3) is 0 Å². The van der Waals surface area contributed by atoms with Crippen molar-refractivity contribution in [2.75, 3.05) is 0 Å². The molecule has 1 heterocycles. The lowest BCUT2D eigenvalue weighted by atomic mass is 10.2. The molecule has 150 valence electrons. The zero-order chi connectivity index (χ0) is 20.8. The van der Waals surface area contributed by atoms with Gasteiger partial charge in [-0.3, -0.25) is 9.59 Å². The topological polar surface area (TPSA) is 100 Å². The van der Waals surface area contributed by atoms with Crippen LogP contribution in [0.25, 0.3) is 0 Å². The standard InChI is InChI=1S/C19H15F2N3O4S/c20-13-4-5-15(21)12(7-13)10-28-14-3-1-2-11(6-14)9-22-24-19-23-18(27)16(29-19)8-17(25)26/h1-7,9,16H,8,10H2,(H,25,26)(H,23,24,27). The summed E-state index contributed by atoms with van der Waals surface area (Å²) in [6.45, 7) is -0.139. The minimum Gasteiger partial charge on any atom is -0.489 e. The predicted molar refractivity (Wildman–Crippen MR) is 104 cm³/mol. The van der Waals surface area contributed by atoms with Gasteiger partial charge in [-0.25, -0.2) is 8.78 Å². The number of halogens is 2. The van der Waals surface area contributed by atoms with Gasteiger partial charge in [-0.05, 0) is 35.9 Å². The van der Waals surface area contributed by atoms with Gasteiger partial charge < -0.3 is 15.2 Å². The van der Waals surface area contributed by atoms with E-state index in [9.17, 15) is 18.4 Å². The number of rotatable bonds is 7. The summed E-state index contributed by atoms with van der Waals surface area (Å²) in [5.74, 6) is -2.18. The maximum atomic E-state index is 13.6. The third-order valence-corrected chi connectivity index (χ3v) is 4.82. The number of carboxylic acid groups (broad SMARTS) is 1. The highest BCUT2D eigenvalue weighted by Crippen LogP contribution is 2.22. The number of amidine groups is 1. The molecule has 1 aliphatic rings. The van der Waals surface area contributed by atoms with E-state index in [-0.39, 0.29) is 23.8 Å². The number of nitrogens with one attached hydrogen (secondary N) is 1. The summed E-state index contributed by atoms with van der Waals surface area (Å²) in [5.41, 5.74) is 0.725. The Morgan fingerprint density at radius 3 is 2.90 bits per heavy atom. The molecule has 1 amide bonds. The van der Waals surface area contributed by atoms with Crippen LogP contribution < -0.4 is 10.1 Å². The van der Waals surface area contributed by atoms with Gasteiger partial charge in [-0.2, -0.15) is 5.10 Å². The van der Waals surface area contributed by atoms with E-state index in [1.54, 1.807) is 24.3 Å². The molecule has 0 aliphatic carbocycles. The molecule has 1 saturated heterocycles. The number of hydrogen-bond acceptors (Lipinski definition) is 6. The number of amides is 1. The third kappa shape index (κ3) is 5.85. The Labute approximate surface area is 168 Å². The van der Waals surface area contributed by atoms with Gasteiger partial charge in [0.15, 0.2) is 5.17 Å². The smallest absolute Gasteiger partial charge is 0.305 e. The quantitative estimate of drug-likeness (QED) is 0.531. The second-order valence-corrected chi connectivity index (χ2v) is 7.13. The molecule has 2 N–H and O–H groups in total. The normalized spacial score (nSPS) is 17.7. The number of carboxylic acids is 1. The predicted octanol–water partition coefficient (Wildman–Crippen LogP) is 2.94. The summed E-state index contributed by atoms with van der Waals surface area (Å²) < 4.78 is 32.3. The number of thioether (sulfide) groups is 1. The molecule has 0 radical (unpaired) electrons. The number of hydrogen-bond donors (Lipinski definition) is 2. The van der Waals surface area contributed by atoms with Gasteiger partial charge >= 0.3 is 5.97 Å². The van der Waals surface area contributed by atoms with Gasteiger partial charge in [0.2, 0.25) is 5.91 Å². The lowest BCUT2D eigenvalue weighted by molar-refractivity contribution is -0.138. The maximum Gasteiger partial charge on any atom is 0.305 e. The molecule has 10 heteroatoms. The molecule has 3 rings (SSSR count). The minimum atomic E-state index is -1.07. The van der Waals surface area contributed by atoms with Gasteiger partial charge in [-0.15, -0.1) is 5.10 Å². The lowest BCUT2D eigenvalue weighted by Crippen LogP contribution is -2.26. The summed E-state index contributed by atoms with van der Waals surface area (Å²) >= 11 is 0.998. The highest BCUT2D eigenvalue weighted by atomic mass is 32.2. The first-order valence-corrected chi connectivity index (χ1v) is 9.26. The SMILES string of the molecule is O=C(O)CC1SC(=NN=Cc2cccc(OCc3cc(F)ccc3F)c2)NC1=O. The molecule has 2 aromatic rings. The lowest BCUT2D eigenvalue weighted by Gasteiger charge is -2.07. The van der Waals surface area contributed by atoms with Crippen LogP contribution in [0.5, 0.6) is 5.75 Å². The molecule has 1 unspecified atom stereocenters. The van der Waals surface area contributed by atoms with Gasteiger partial charge in [0.1, 0.15) is 29.2 Å². The Balaban J connectivity index is 1.60. The van der Waals surface area contributed by atoms with Crippen LogP contribution in [0.4, 0.5) is 8.78 Å². The van der Waals surface area contributed by atoms with E-state index in [0.29, 0.717) is 11.3 Å². The number of nitrogens with zero attached hydrogens (tertiary/aromatic N) is 2. The summed E-state index contributed by atoms with van der Waals surface area (Å²) in [4.78, 5) is 22.3. The molecule has 0 spiro atoms. The minimum absolute atomic E-state index is 0.0976. The highest BCUT2D eigenvalue weighted by molar-refractivity contribution is 8.15. The molecule has 1 aliphatic heterocycles. The Morgan fingerprint density at radius 1 is 1.28 bits per heavy atom. The zero-order valence-electron chi connectivity index (χ0n) is 14.8. The van der Waals surface area contributed by atoms with Crippen LogP contribution in [0.15, 0.2) is 52.7 Å². The number of benzene rings is 2. The molecule has 29 heavy (non-hydrogen) atoms. The Bertz CT molecular complexity index is 997. The van der Waals surface area contributed by atoms with Gasteiger partial charge in [0, 0.05) is 5.56 Å². The van der Waals surface area contributed by atoms with Gasteiger partial charge in [0.05, 0.1) is 12.6 Å². The molecule has 2 aromatic carbocycles. The molecule has 7 nitrogen and oxygen atoms in total. The van der Waals surface area contributed by atoms with Crippen LogP contribution in [0.1, 0.15) is 17.5 Å². The maximum absolute atomic E-state index is 13.6. The van der Waals surface area contributed by atoms with Crippen LogP contribution in [0.2, 0.25) is 0 Å². The molecule has 1 atom stereocenters. The largest absolute Gasteiger partial charge is 0.489 e. The second kappa shape index (κ2) is 9.28. The molecule has 1 fully saturated rings. The van der Waals surface area contributed by atoms with Crippen LogP contribution in [0.3, 0.4) is 0 Å². The molecule has 0 bridgehead atoms. The third-order valence-electron chi connectivity index (χ3n) is 3.75. The number of aliphatic carboxylic acids is 1. The average molecular weight is 419 g/mol. The first kappa shape index (κ1) is 20.5. The Morgan fingerprint density at radius 2 is 2.10 bits per heavy atom. The highest BCUT2D eigenvalue weighted by Gasteiger charge is 2.32. The fraction of sp³-hybridized carbons (Fsp3) is 0.158. The van der Waals surface area contributed by atoms with Crippen molar-refractivity contribution < 1.29 is 28.2 Å². The van der Waals surface area contributed by atoms with Crippen molar-refractivity contribution in [1.82, 2.24) is 5.32 Å². The number of ether oxygens (including phenoxy) is 1. The fourth-order valence-corrected chi connectivity index (χ4v) is 3.31.